The van der Waals surface area contributed by atoms with Gasteiger partial charge in [-0.15, -0.1) is 0 Å². The Morgan fingerprint density at radius 1 is 1.10 bits per heavy atom. The number of aromatic nitrogens is 2. The fraction of sp³-hybridized carbons (Fsp3) is 0. The van der Waals surface area contributed by atoms with Crippen LogP contribution in [0.5, 0.6) is 0 Å². The molecular formula is C14H7BrCl2N2O. The van der Waals surface area contributed by atoms with Crippen LogP contribution in [0.25, 0.3) is 22.3 Å². The van der Waals surface area contributed by atoms with E-state index in [0.717, 1.165) is 0 Å². The van der Waals surface area contributed by atoms with E-state index in [-0.39, 0.29) is 5.56 Å². The minimum absolute atomic E-state index is 0.208. The monoisotopic (exact) mass is 368 g/mol. The van der Waals surface area contributed by atoms with Crippen molar-refractivity contribution in [2.75, 3.05) is 0 Å². The quantitative estimate of drug-likeness (QED) is 0.634. The van der Waals surface area contributed by atoms with Gasteiger partial charge in [0.2, 0.25) is 0 Å². The summed E-state index contributed by atoms with van der Waals surface area (Å²) in [5, 5.41) is 1.50. The number of halogens is 3. The molecule has 0 bridgehead atoms. The molecule has 0 atom stereocenters. The van der Waals surface area contributed by atoms with Crippen LogP contribution < -0.4 is 5.56 Å². The van der Waals surface area contributed by atoms with Gasteiger partial charge in [-0.05, 0) is 40.2 Å². The summed E-state index contributed by atoms with van der Waals surface area (Å²) < 4.78 is 0.691. The zero-order chi connectivity index (χ0) is 14.3. The van der Waals surface area contributed by atoms with E-state index in [0.29, 0.717) is 36.8 Å². The lowest BCUT2D eigenvalue weighted by molar-refractivity contribution is 1.18. The highest BCUT2D eigenvalue weighted by Crippen LogP contribution is 2.33. The maximum atomic E-state index is 12.1. The fourth-order valence-corrected chi connectivity index (χ4v) is 2.81. The number of nitrogens with one attached hydrogen (secondary N) is 1. The van der Waals surface area contributed by atoms with Crippen LogP contribution in [0.3, 0.4) is 0 Å². The van der Waals surface area contributed by atoms with E-state index in [4.69, 9.17) is 23.2 Å². The number of para-hydroxylation sites is 1. The molecule has 0 amide bonds. The van der Waals surface area contributed by atoms with E-state index in [1.807, 2.05) is 6.07 Å². The summed E-state index contributed by atoms with van der Waals surface area (Å²) in [7, 11) is 0. The van der Waals surface area contributed by atoms with Crippen molar-refractivity contribution in [2.24, 2.45) is 0 Å². The van der Waals surface area contributed by atoms with Crippen molar-refractivity contribution in [1.82, 2.24) is 9.97 Å². The summed E-state index contributed by atoms with van der Waals surface area (Å²) in [6.07, 6.45) is 0. The van der Waals surface area contributed by atoms with Crippen molar-refractivity contribution < 1.29 is 0 Å². The number of nitrogens with zero attached hydrogens (tertiary/aromatic N) is 1. The minimum atomic E-state index is -0.208. The van der Waals surface area contributed by atoms with Crippen molar-refractivity contribution in [3.05, 3.63) is 61.3 Å². The number of fused-ring (bicyclic) bond motifs is 1. The molecule has 6 heteroatoms. The Morgan fingerprint density at radius 3 is 2.65 bits per heavy atom. The van der Waals surface area contributed by atoms with E-state index in [9.17, 15) is 4.79 Å². The number of hydrogen-bond acceptors (Lipinski definition) is 2. The third kappa shape index (κ3) is 2.35. The highest BCUT2D eigenvalue weighted by molar-refractivity contribution is 9.10. The molecule has 0 saturated carbocycles. The van der Waals surface area contributed by atoms with Crippen LogP contribution in [0.4, 0.5) is 0 Å². The van der Waals surface area contributed by atoms with E-state index < -0.39 is 0 Å². The van der Waals surface area contributed by atoms with Crippen molar-refractivity contribution in [2.45, 2.75) is 0 Å². The Hall–Kier alpha value is -1.36. The van der Waals surface area contributed by atoms with Crippen molar-refractivity contribution in [3.63, 3.8) is 0 Å². The molecule has 3 nitrogen and oxygen atoms in total. The van der Waals surface area contributed by atoms with Gasteiger partial charge in [0.05, 0.1) is 20.9 Å². The molecule has 1 N–H and O–H groups in total. The Morgan fingerprint density at radius 2 is 1.85 bits per heavy atom. The van der Waals surface area contributed by atoms with Gasteiger partial charge >= 0.3 is 0 Å². The topological polar surface area (TPSA) is 45.8 Å². The molecule has 0 unspecified atom stereocenters. The third-order valence-corrected chi connectivity index (χ3v) is 4.39. The molecular weight excluding hydrogens is 363 g/mol. The van der Waals surface area contributed by atoms with E-state index in [2.05, 4.69) is 25.9 Å². The number of aromatic amines is 1. The highest BCUT2D eigenvalue weighted by atomic mass is 79.9. The van der Waals surface area contributed by atoms with Crippen LogP contribution in [-0.4, -0.2) is 9.97 Å². The Labute approximate surface area is 132 Å². The standard InChI is InChI=1S/C14H7BrCl2N2O/c15-9-6-10(16)8(5-11(9)17)13-18-12-4-2-1-3-7(12)14(20)19-13/h1-6H,(H,18,19,20). The first-order valence-electron chi connectivity index (χ1n) is 5.70. The van der Waals surface area contributed by atoms with E-state index in [1.54, 1.807) is 30.3 Å². The van der Waals surface area contributed by atoms with Gasteiger partial charge < -0.3 is 4.98 Å². The molecule has 2 aromatic carbocycles. The first kappa shape index (κ1) is 13.6. The molecule has 100 valence electrons. The molecule has 0 aliphatic heterocycles. The summed E-state index contributed by atoms with van der Waals surface area (Å²) in [5.41, 5.74) is 0.991. The Kier molecular flexibility index (Phi) is 3.54. The van der Waals surface area contributed by atoms with Gasteiger partial charge in [-0.25, -0.2) is 4.98 Å². The predicted octanol–water partition coefficient (Wildman–Crippen LogP) is 4.66. The Balaban J connectivity index is 2.30. The van der Waals surface area contributed by atoms with E-state index >= 15 is 0 Å². The fourth-order valence-electron chi connectivity index (χ4n) is 1.92. The molecule has 0 aliphatic carbocycles. The normalized spacial score (nSPS) is 10.9. The molecule has 0 saturated heterocycles. The Bertz CT molecular complexity index is 877. The number of benzene rings is 2. The van der Waals surface area contributed by atoms with Crippen molar-refractivity contribution in [3.8, 4) is 11.4 Å². The molecule has 0 aliphatic rings. The zero-order valence-corrected chi connectivity index (χ0v) is 13.1. The summed E-state index contributed by atoms with van der Waals surface area (Å²) in [5.74, 6) is 0.396. The summed E-state index contributed by atoms with van der Waals surface area (Å²) >= 11 is 15.6. The maximum absolute atomic E-state index is 12.1. The molecule has 20 heavy (non-hydrogen) atoms. The van der Waals surface area contributed by atoms with Crippen LogP contribution >= 0.6 is 39.1 Å². The third-order valence-electron chi connectivity index (χ3n) is 2.88. The van der Waals surface area contributed by atoms with Gasteiger partial charge in [0.1, 0.15) is 5.82 Å². The van der Waals surface area contributed by atoms with Gasteiger partial charge in [0, 0.05) is 10.0 Å². The van der Waals surface area contributed by atoms with Gasteiger partial charge in [-0.2, -0.15) is 0 Å². The molecule has 1 heterocycles. The lowest BCUT2D eigenvalue weighted by Crippen LogP contribution is -2.09. The molecule has 1 aromatic heterocycles. The average molecular weight is 370 g/mol. The smallest absolute Gasteiger partial charge is 0.259 e. The number of H-pyrrole nitrogens is 1. The second kappa shape index (κ2) is 5.20. The largest absolute Gasteiger partial charge is 0.306 e. The number of rotatable bonds is 1. The van der Waals surface area contributed by atoms with Crippen LogP contribution in [0.2, 0.25) is 10.0 Å². The van der Waals surface area contributed by atoms with Crippen LogP contribution in [-0.2, 0) is 0 Å². The first-order valence-corrected chi connectivity index (χ1v) is 7.25. The van der Waals surface area contributed by atoms with Gasteiger partial charge in [0.25, 0.3) is 5.56 Å². The predicted molar refractivity (Wildman–Crippen MR) is 85.5 cm³/mol. The summed E-state index contributed by atoms with van der Waals surface area (Å²) in [4.78, 5) is 19.2. The minimum Gasteiger partial charge on any atom is -0.306 e. The van der Waals surface area contributed by atoms with E-state index in [1.165, 1.54) is 0 Å². The lowest BCUT2D eigenvalue weighted by atomic mass is 10.2. The second-order valence-corrected chi connectivity index (χ2v) is 5.85. The lowest BCUT2D eigenvalue weighted by Gasteiger charge is -2.07. The van der Waals surface area contributed by atoms with Gasteiger partial charge in [-0.3, -0.25) is 4.79 Å². The van der Waals surface area contributed by atoms with Crippen LogP contribution in [0.15, 0.2) is 45.7 Å². The summed E-state index contributed by atoms with van der Waals surface area (Å²) in [6.45, 7) is 0. The maximum Gasteiger partial charge on any atom is 0.259 e. The molecule has 0 fully saturated rings. The average Bonchev–Trinajstić information content (AvgIpc) is 2.43. The molecule has 0 spiro atoms. The van der Waals surface area contributed by atoms with Gasteiger partial charge in [0.15, 0.2) is 0 Å². The molecule has 0 radical (unpaired) electrons. The zero-order valence-electron chi connectivity index (χ0n) is 9.95. The van der Waals surface area contributed by atoms with Crippen molar-refractivity contribution >= 4 is 50.0 Å². The summed E-state index contributed by atoms with van der Waals surface area (Å²) in [6, 6.07) is 10.5. The van der Waals surface area contributed by atoms with Crippen LogP contribution in [0, 0.1) is 0 Å². The number of hydrogen-bond donors (Lipinski definition) is 1. The SMILES string of the molecule is O=c1[nH]c(-c2cc(Cl)c(Br)cc2Cl)nc2ccccc12. The molecule has 3 aromatic rings. The van der Waals surface area contributed by atoms with Crippen LogP contribution in [0.1, 0.15) is 0 Å². The van der Waals surface area contributed by atoms with Crippen molar-refractivity contribution in [1.29, 1.82) is 0 Å². The molecule has 3 rings (SSSR count). The highest BCUT2D eigenvalue weighted by Gasteiger charge is 2.11. The first-order chi connectivity index (χ1) is 9.56. The second-order valence-electron chi connectivity index (χ2n) is 4.18. The van der Waals surface area contributed by atoms with Gasteiger partial charge in [-0.1, -0.05) is 35.3 Å².